The number of rotatable bonds is 1. The normalized spacial score (nSPS) is 17.1. The second kappa shape index (κ2) is 8.82. The maximum absolute atomic E-state index is 15.8. The van der Waals surface area contributed by atoms with E-state index in [1.807, 2.05) is 0 Å². The molecule has 182 valence electrons. The first-order chi connectivity index (χ1) is 16.0. The molecular formula is C22H23F5N6O. The summed E-state index contributed by atoms with van der Waals surface area (Å²) in [6, 6.07) is 0.737. The molecule has 12 heteroatoms. The standard InChI is InChI=1S/C22H23F5N6O/c1-9-4-5-29-6-7-30-20-14-19(31-11(3)32-20)17(24)18(33-21(14)34-9)12-8-13(28)16(23)10(2)15(12)22(25,26)27/h8-9,29H,4-7,28H2,1-3H3,(H,30,31,32). The second-order valence-electron chi connectivity index (χ2n) is 8.14. The Kier molecular flexibility index (Phi) is 6.19. The van der Waals surface area contributed by atoms with Crippen molar-refractivity contribution in [2.24, 2.45) is 0 Å². The molecule has 0 amide bonds. The van der Waals surface area contributed by atoms with Gasteiger partial charge in [-0.2, -0.15) is 13.2 Å². The summed E-state index contributed by atoms with van der Waals surface area (Å²) in [6.45, 7) is 5.91. The molecule has 1 unspecified atom stereocenters. The fourth-order valence-corrected chi connectivity index (χ4v) is 3.96. The van der Waals surface area contributed by atoms with Gasteiger partial charge in [0.1, 0.15) is 34.1 Å². The second-order valence-corrected chi connectivity index (χ2v) is 8.14. The quantitative estimate of drug-likeness (QED) is 0.350. The molecule has 0 aliphatic carbocycles. The number of hydrogen-bond donors (Lipinski definition) is 3. The average Bonchev–Trinajstić information content (AvgIpc) is 2.77. The van der Waals surface area contributed by atoms with Crippen LogP contribution in [0.4, 0.5) is 33.5 Å². The van der Waals surface area contributed by atoms with Crippen molar-refractivity contribution < 1.29 is 26.7 Å². The van der Waals surface area contributed by atoms with Gasteiger partial charge in [0.25, 0.3) is 0 Å². The smallest absolute Gasteiger partial charge is 0.417 e. The summed E-state index contributed by atoms with van der Waals surface area (Å²) in [5.41, 5.74) is 1.30. The third-order valence-corrected chi connectivity index (χ3v) is 5.56. The van der Waals surface area contributed by atoms with Gasteiger partial charge >= 0.3 is 6.18 Å². The highest BCUT2D eigenvalue weighted by Gasteiger charge is 2.39. The van der Waals surface area contributed by atoms with E-state index in [9.17, 15) is 17.6 Å². The van der Waals surface area contributed by atoms with Crippen molar-refractivity contribution in [2.75, 3.05) is 30.7 Å². The first-order valence-electron chi connectivity index (χ1n) is 10.6. The van der Waals surface area contributed by atoms with Crippen LogP contribution in [0.15, 0.2) is 6.07 Å². The molecule has 3 heterocycles. The van der Waals surface area contributed by atoms with E-state index in [0.29, 0.717) is 26.1 Å². The van der Waals surface area contributed by atoms with Crippen molar-refractivity contribution in [3.8, 4) is 17.1 Å². The highest BCUT2D eigenvalue weighted by atomic mass is 19.4. The van der Waals surface area contributed by atoms with E-state index < -0.39 is 52.0 Å². The maximum Gasteiger partial charge on any atom is 0.417 e. The predicted molar refractivity (Wildman–Crippen MR) is 118 cm³/mol. The van der Waals surface area contributed by atoms with Gasteiger partial charge in [0.15, 0.2) is 5.82 Å². The fourth-order valence-electron chi connectivity index (χ4n) is 3.96. The molecule has 1 aromatic carbocycles. The van der Waals surface area contributed by atoms with Gasteiger partial charge in [-0.1, -0.05) is 0 Å². The SMILES string of the molecule is Cc1nc2c3c(nc(-c4cc(N)c(F)c(C)c4C(F)(F)F)c(F)c3n1)OC(C)CCNCCN2. The summed E-state index contributed by atoms with van der Waals surface area (Å²) >= 11 is 0. The number of nitrogen functional groups attached to an aromatic ring is 1. The minimum atomic E-state index is -5.00. The predicted octanol–water partition coefficient (Wildman–Crippen LogP) is 4.36. The number of benzene rings is 1. The number of halogens is 5. The van der Waals surface area contributed by atoms with Crippen molar-refractivity contribution in [1.29, 1.82) is 0 Å². The Morgan fingerprint density at radius 1 is 1.06 bits per heavy atom. The molecule has 0 spiro atoms. The summed E-state index contributed by atoms with van der Waals surface area (Å²) in [6.07, 6.45) is -4.84. The number of pyridine rings is 1. The highest BCUT2D eigenvalue weighted by molar-refractivity contribution is 5.96. The van der Waals surface area contributed by atoms with Crippen LogP contribution in [-0.4, -0.2) is 40.7 Å². The third-order valence-electron chi connectivity index (χ3n) is 5.56. The molecular weight excluding hydrogens is 459 g/mol. The molecule has 1 aliphatic rings. The molecule has 3 aromatic rings. The number of hydrogen-bond acceptors (Lipinski definition) is 7. The first kappa shape index (κ1) is 23.9. The molecule has 4 rings (SSSR count). The van der Waals surface area contributed by atoms with Crippen molar-refractivity contribution in [2.45, 2.75) is 39.5 Å². The van der Waals surface area contributed by atoms with E-state index in [0.717, 1.165) is 13.0 Å². The largest absolute Gasteiger partial charge is 0.474 e. The van der Waals surface area contributed by atoms with E-state index >= 15 is 4.39 Å². The zero-order valence-corrected chi connectivity index (χ0v) is 18.7. The fraction of sp³-hybridized carbons (Fsp3) is 0.409. The average molecular weight is 482 g/mol. The van der Waals surface area contributed by atoms with Gasteiger partial charge in [-0.15, -0.1) is 0 Å². The lowest BCUT2D eigenvalue weighted by Gasteiger charge is -2.21. The molecule has 7 nitrogen and oxygen atoms in total. The molecule has 0 radical (unpaired) electrons. The summed E-state index contributed by atoms with van der Waals surface area (Å²) in [4.78, 5) is 12.6. The van der Waals surface area contributed by atoms with Crippen molar-refractivity contribution in [3.63, 3.8) is 0 Å². The lowest BCUT2D eigenvalue weighted by atomic mass is 9.96. The molecule has 1 aliphatic heterocycles. The minimum Gasteiger partial charge on any atom is -0.474 e. The number of ether oxygens (including phenoxy) is 1. The number of nitrogens with one attached hydrogen (secondary N) is 2. The van der Waals surface area contributed by atoms with Gasteiger partial charge in [-0.25, -0.2) is 23.7 Å². The topological polar surface area (TPSA) is 98.0 Å². The van der Waals surface area contributed by atoms with Crippen LogP contribution >= 0.6 is 0 Å². The molecule has 34 heavy (non-hydrogen) atoms. The van der Waals surface area contributed by atoms with Gasteiger partial charge in [0.2, 0.25) is 5.88 Å². The van der Waals surface area contributed by atoms with E-state index in [2.05, 4.69) is 25.6 Å². The number of nitrogens with two attached hydrogens (primary N) is 1. The highest BCUT2D eigenvalue weighted by Crippen LogP contribution is 2.44. The third kappa shape index (κ3) is 4.29. The molecule has 0 saturated carbocycles. The van der Waals surface area contributed by atoms with Crippen LogP contribution in [0.25, 0.3) is 22.2 Å². The number of aryl methyl sites for hydroxylation is 1. The Morgan fingerprint density at radius 3 is 2.50 bits per heavy atom. The minimum absolute atomic E-state index is 0.112. The molecule has 0 saturated heterocycles. The van der Waals surface area contributed by atoms with Crippen molar-refractivity contribution >= 4 is 22.4 Å². The van der Waals surface area contributed by atoms with Gasteiger partial charge in [0, 0.05) is 18.7 Å². The Hall–Kier alpha value is -3.28. The van der Waals surface area contributed by atoms with Gasteiger partial charge in [-0.3, -0.25) is 0 Å². The van der Waals surface area contributed by atoms with Gasteiger partial charge < -0.3 is 21.1 Å². The van der Waals surface area contributed by atoms with Gasteiger partial charge in [-0.05, 0) is 45.4 Å². The first-order valence-corrected chi connectivity index (χ1v) is 10.6. The molecule has 0 fully saturated rings. The Morgan fingerprint density at radius 2 is 1.79 bits per heavy atom. The van der Waals surface area contributed by atoms with E-state index in [-0.39, 0.29) is 28.4 Å². The Labute approximate surface area is 191 Å². The van der Waals surface area contributed by atoms with Crippen LogP contribution in [0.3, 0.4) is 0 Å². The summed E-state index contributed by atoms with van der Waals surface area (Å²) < 4.78 is 78.0. The lowest BCUT2D eigenvalue weighted by molar-refractivity contribution is -0.137. The van der Waals surface area contributed by atoms with Crippen LogP contribution in [0.1, 0.15) is 30.3 Å². The molecule has 2 aromatic heterocycles. The van der Waals surface area contributed by atoms with E-state index in [1.165, 1.54) is 6.92 Å². The monoisotopic (exact) mass is 482 g/mol. The molecule has 0 bridgehead atoms. The maximum atomic E-state index is 15.8. The zero-order valence-electron chi connectivity index (χ0n) is 18.7. The number of alkyl halides is 3. The van der Waals surface area contributed by atoms with Crippen LogP contribution in [0.5, 0.6) is 5.88 Å². The number of aromatic nitrogens is 3. The Bertz CT molecular complexity index is 1260. The van der Waals surface area contributed by atoms with Crippen LogP contribution < -0.4 is 21.1 Å². The van der Waals surface area contributed by atoms with Crippen LogP contribution in [0.2, 0.25) is 0 Å². The van der Waals surface area contributed by atoms with Crippen LogP contribution in [-0.2, 0) is 6.18 Å². The zero-order chi connectivity index (χ0) is 24.8. The Balaban J connectivity index is 2.09. The summed E-state index contributed by atoms with van der Waals surface area (Å²) in [7, 11) is 0. The number of nitrogens with zero attached hydrogens (tertiary/aromatic N) is 3. The summed E-state index contributed by atoms with van der Waals surface area (Å²) in [5, 5.41) is 6.41. The lowest BCUT2D eigenvalue weighted by Crippen LogP contribution is -2.26. The number of anilines is 2. The van der Waals surface area contributed by atoms with E-state index in [1.54, 1.807) is 6.92 Å². The van der Waals surface area contributed by atoms with Crippen LogP contribution in [0, 0.1) is 25.5 Å². The molecule has 1 atom stereocenters. The van der Waals surface area contributed by atoms with Crippen molar-refractivity contribution in [3.05, 3.63) is 34.7 Å². The molecule has 4 N–H and O–H groups in total. The summed E-state index contributed by atoms with van der Waals surface area (Å²) in [5.74, 6) is -2.03. The van der Waals surface area contributed by atoms with E-state index in [4.69, 9.17) is 10.5 Å². The van der Waals surface area contributed by atoms with Crippen molar-refractivity contribution in [1.82, 2.24) is 20.3 Å². The van der Waals surface area contributed by atoms with Gasteiger partial charge in [0.05, 0.1) is 17.4 Å².